The van der Waals surface area contributed by atoms with E-state index in [2.05, 4.69) is 5.10 Å². The zero-order valence-electron chi connectivity index (χ0n) is 9.28. The molecule has 2 N–H and O–H groups in total. The van der Waals surface area contributed by atoms with Crippen LogP contribution in [0.1, 0.15) is 11.3 Å². The Morgan fingerprint density at radius 2 is 1.95 bits per heavy atom. The van der Waals surface area contributed by atoms with E-state index in [1.807, 2.05) is 0 Å². The van der Waals surface area contributed by atoms with Gasteiger partial charge in [0.15, 0.2) is 5.69 Å². The molecule has 0 saturated heterocycles. The number of hydrogen-bond donors (Lipinski definition) is 1. The van der Waals surface area contributed by atoms with Crippen molar-refractivity contribution in [3.8, 4) is 5.69 Å². The highest BCUT2D eigenvalue weighted by atomic mass is 32.1. The van der Waals surface area contributed by atoms with Crippen molar-refractivity contribution in [2.45, 2.75) is 6.18 Å². The topological polar surface area (TPSA) is 43.8 Å². The molecule has 1 aromatic heterocycles. The molecule has 0 fully saturated rings. The molecule has 0 aliphatic heterocycles. The Bertz CT molecular complexity index is 633. The summed E-state index contributed by atoms with van der Waals surface area (Å²) in [5, 5.41) is 3.35. The summed E-state index contributed by atoms with van der Waals surface area (Å²) in [4.78, 5) is -0.253. The van der Waals surface area contributed by atoms with E-state index in [0.717, 1.165) is 23.0 Å². The van der Waals surface area contributed by atoms with Crippen LogP contribution in [0.5, 0.6) is 0 Å². The van der Waals surface area contributed by atoms with Crippen LogP contribution in [-0.4, -0.2) is 14.8 Å². The van der Waals surface area contributed by atoms with Gasteiger partial charge >= 0.3 is 6.18 Å². The lowest BCUT2D eigenvalue weighted by molar-refractivity contribution is -0.141. The normalized spacial score (nSPS) is 11.6. The van der Waals surface area contributed by atoms with Crippen LogP contribution in [0.2, 0.25) is 0 Å². The van der Waals surface area contributed by atoms with Crippen molar-refractivity contribution in [2.75, 3.05) is 0 Å². The van der Waals surface area contributed by atoms with Crippen LogP contribution >= 0.6 is 12.2 Å². The first-order valence-corrected chi connectivity index (χ1v) is 5.43. The molecule has 0 aliphatic rings. The van der Waals surface area contributed by atoms with Crippen LogP contribution in [0.15, 0.2) is 30.5 Å². The molecule has 19 heavy (non-hydrogen) atoms. The standard InChI is InChI=1S/C11H7F4N3S/c12-6-2-1-3-7(9(6)10(16)19)18-5-4-8(17-18)11(13,14)15/h1-5H,(H2,16,19). The summed E-state index contributed by atoms with van der Waals surface area (Å²) in [6.45, 7) is 0. The van der Waals surface area contributed by atoms with Crippen LogP contribution < -0.4 is 5.73 Å². The van der Waals surface area contributed by atoms with E-state index in [-0.39, 0.29) is 16.2 Å². The Morgan fingerprint density at radius 1 is 1.26 bits per heavy atom. The van der Waals surface area contributed by atoms with Crippen molar-refractivity contribution in [3.63, 3.8) is 0 Å². The lowest BCUT2D eigenvalue weighted by atomic mass is 10.1. The molecule has 0 radical (unpaired) electrons. The highest BCUT2D eigenvalue weighted by molar-refractivity contribution is 7.80. The van der Waals surface area contributed by atoms with E-state index in [4.69, 9.17) is 18.0 Å². The van der Waals surface area contributed by atoms with Gasteiger partial charge in [0.25, 0.3) is 0 Å². The predicted octanol–water partition coefficient (Wildman–Crippen LogP) is 2.66. The van der Waals surface area contributed by atoms with Crippen LogP contribution in [0.25, 0.3) is 5.69 Å². The van der Waals surface area contributed by atoms with Crippen molar-refractivity contribution in [2.24, 2.45) is 5.73 Å². The first kappa shape index (κ1) is 13.5. The van der Waals surface area contributed by atoms with E-state index in [1.165, 1.54) is 12.1 Å². The third kappa shape index (κ3) is 2.58. The second kappa shape index (κ2) is 4.61. The Kier molecular flexibility index (Phi) is 3.27. The molecule has 0 atom stereocenters. The minimum Gasteiger partial charge on any atom is -0.389 e. The van der Waals surface area contributed by atoms with E-state index < -0.39 is 17.7 Å². The van der Waals surface area contributed by atoms with Crippen LogP contribution in [0, 0.1) is 5.82 Å². The largest absolute Gasteiger partial charge is 0.435 e. The first-order chi connectivity index (χ1) is 8.80. The maximum Gasteiger partial charge on any atom is 0.435 e. The van der Waals surface area contributed by atoms with Gasteiger partial charge in [0, 0.05) is 6.20 Å². The summed E-state index contributed by atoms with van der Waals surface area (Å²) in [5.74, 6) is -0.714. The number of nitrogens with zero attached hydrogens (tertiary/aromatic N) is 2. The quantitative estimate of drug-likeness (QED) is 0.683. The number of hydrogen-bond acceptors (Lipinski definition) is 2. The third-order valence-electron chi connectivity index (χ3n) is 2.36. The maximum atomic E-state index is 13.6. The molecule has 0 saturated carbocycles. The number of rotatable bonds is 2. The number of halogens is 4. The Morgan fingerprint density at radius 3 is 2.47 bits per heavy atom. The number of thiocarbonyl (C=S) groups is 1. The molecule has 1 aromatic carbocycles. The monoisotopic (exact) mass is 289 g/mol. The lowest BCUT2D eigenvalue weighted by Gasteiger charge is -2.09. The Hall–Kier alpha value is -1.96. The predicted molar refractivity (Wildman–Crippen MR) is 64.4 cm³/mol. The fraction of sp³-hybridized carbons (Fsp3) is 0.0909. The molecule has 100 valence electrons. The fourth-order valence-electron chi connectivity index (χ4n) is 1.56. The fourth-order valence-corrected chi connectivity index (χ4v) is 1.76. The maximum absolute atomic E-state index is 13.6. The average Bonchev–Trinajstić information content (AvgIpc) is 2.76. The van der Waals surface area contributed by atoms with E-state index in [0.29, 0.717) is 0 Å². The van der Waals surface area contributed by atoms with Crippen LogP contribution in [0.3, 0.4) is 0 Å². The highest BCUT2D eigenvalue weighted by Gasteiger charge is 2.33. The third-order valence-corrected chi connectivity index (χ3v) is 2.57. The smallest absolute Gasteiger partial charge is 0.389 e. The van der Waals surface area contributed by atoms with Gasteiger partial charge in [-0.15, -0.1) is 0 Å². The van der Waals surface area contributed by atoms with Crippen LogP contribution in [0.4, 0.5) is 17.6 Å². The number of alkyl halides is 3. The molecule has 2 aromatic rings. The van der Waals surface area contributed by atoms with Gasteiger partial charge < -0.3 is 5.73 Å². The SMILES string of the molecule is NC(=S)c1c(F)cccc1-n1ccc(C(F)(F)F)n1. The summed E-state index contributed by atoms with van der Waals surface area (Å²) in [7, 11) is 0. The molecule has 0 bridgehead atoms. The lowest BCUT2D eigenvalue weighted by Crippen LogP contribution is -2.16. The second-order valence-electron chi connectivity index (χ2n) is 3.64. The second-order valence-corrected chi connectivity index (χ2v) is 4.08. The zero-order chi connectivity index (χ0) is 14.2. The molecule has 8 heteroatoms. The van der Waals surface area contributed by atoms with Gasteiger partial charge in [0.1, 0.15) is 10.8 Å². The molecule has 2 rings (SSSR count). The van der Waals surface area contributed by atoms with E-state index in [1.54, 1.807) is 0 Å². The van der Waals surface area contributed by atoms with Crippen molar-refractivity contribution in [3.05, 3.63) is 47.5 Å². The van der Waals surface area contributed by atoms with E-state index in [9.17, 15) is 17.6 Å². The Balaban J connectivity index is 2.57. The van der Waals surface area contributed by atoms with Gasteiger partial charge in [0.05, 0.1) is 11.3 Å². The Labute approximate surface area is 110 Å². The molecule has 3 nitrogen and oxygen atoms in total. The average molecular weight is 289 g/mol. The number of benzene rings is 1. The highest BCUT2D eigenvalue weighted by Crippen LogP contribution is 2.28. The summed E-state index contributed by atoms with van der Waals surface area (Å²) in [6, 6.07) is 4.62. The van der Waals surface area contributed by atoms with Crippen molar-refractivity contribution in [1.29, 1.82) is 0 Å². The van der Waals surface area contributed by atoms with Gasteiger partial charge in [-0.3, -0.25) is 0 Å². The minimum atomic E-state index is -4.57. The first-order valence-electron chi connectivity index (χ1n) is 5.02. The molecular formula is C11H7F4N3S. The van der Waals surface area contributed by atoms with Gasteiger partial charge in [0.2, 0.25) is 0 Å². The number of aromatic nitrogens is 2. The van der Waals surface area contributed by atoms with Gasteiger partial charge in [-0.1, -0.05) is 18.3 Å². The molecule has 1 heterocycles. The van der Waals surface area contributed by atoms with Crippen molar-refractivity contribution in [1.82, 2.24) is 9.78 Å². The molecule has 0 unspecified atom stereocenters. The van der Waals surface area contributed by atoms with Crippen LogP contribution in [-0.2, 0) is 6.18 Å². The van der Waals surface area contributed by atoms with E-state index >= 15 is 0 Å². The van der Waals surface area contributed by atoms with Gasteiger partial charge in [-0.2, -0.15) is 18.3 Å². The number of nitrogens with two attached hydrogens (primary N) is 1. The summed E-state index contributed by atoms with van der Waals surface area (Å²) in [6.07, 6.45) is -3.50. The summed E-state index contributed by atoms with van der Waals surface area (Å²) < 4.78 is 51.9. The van der Waals surface area contributed by atoms with Crippen molar-refractivity contribution >= 4 is 17.2 Å². The molecule has 0 spiro atoms. The summed E-state index contributed by atoms with van der Waals surface area (Å²) >= 11 is 4.69. The minimum absolute atomic E-state index is 0.0583. The van der Waals surface area contributed by atoms with Gasteiger partial charge in [-0.05, 0) is 18.2 Å². The van der Waals surface area contributed by atoms with Crippen molar-refractivity contribution < 1.29 is 17.6 Å². The molecule has 0 amide bonds. The molecular weight excluding hydrogens is 282 g/mol. The summed E-state index contributed by atoms with van der Waals surface area (Å²) in [5.41, 5.74) is 4.21. The zero-order valence-corrected chi connectivity index (χ0v) is 10.1. The van der Waals surface area contributed by atoms with Gasteiger partial charge in [-0.25, -0.2) is 9.07 Å². The molecule has 0 aliphatic carbocycles.